The van der Waals surface area contributed by atoms with Crippen molar-refractivity contribution < 1.29 is 9.59 Å². The number of pyridine rings is 1. The molecule has 0 spiro atoms. The number of aromatic nitrogens is 1. The first kappa shape index (κ1) is 16.4. The quantitative estimate of drug-likeness (QED) is 0.869. The molecule has 0 bridgehead atoms. The second-order valence-electron chi connectivity index (χ2n) is 5.65. The Labute approximate surface area is 145 Å². The lowest BCUT2D eigenvalue weighted by atomic mass is 10.0. The fourth-order valence-corrected chi connectivity index (χ4v) is 3.78. The molecular formula is C18H19N3O2S. The van der Waals surface area contributed by atoms with E-state index in [1.54, 1.807) is 35.9 Å². The average Bonchev–Trinajstić information content (AvgIpc) is 3.09. The first-order valence-corrected chi connectivity index (χ1v) is 8.75. The van der Waals surface area contributed by atoms with Crippen molar-refractivity contribution in [2.45, 2.75) is 19.4 Å². The zero-order chi connectivity index (χ0) is 16.9. The summed E-state index contributed by atoms with van der Waals surface area (Å²) < 4.78 is 0. The predicted octanol–water partition coefficient (Wildman–Crippen LogP) is 2.42. The molecule has 1 unspecified atom stereocenters. The molecule has 3 heterocycles. The predicted molar refractivity (Wildman–Crippen MR) is 94.4 cm³/mol. The van der Waals surface area contributed by atoms with E-state index in [1.807, 2.05) is 17.9 Å². The van der Waals surface area contributed by atoms with E-state index >= 15 is 0 Å². The van der Waals surface area contributed by atoms with Crippen molar-refractivity contribution in [2.24, 2.45) is 0 Å². The zero-order valence-corrected chi connectivity index (χ0v) is 14.3. The van der Waals surface area contributed by atoms with E-state index in [1.165, 1.54) is 16.5 Å². The van der Waals surface area contributed by atoms with E-state index in [-0.39, 0.29) is 24.4 Å². The number of amides is 2. The van der Waals surface area contributed by atoms with E-state index in [0.29, 0.717) is 6.54 Å². The van der Waals surface area contributed by atoms with Crippen LogP contribution in [0.3, 0.4) is 0 Å². The summed E-state index contributed by atoms with van der Waals surface area (Å²) in [6.45, 7) is 2.75. The summed E-state index contributed by atoms with van der Waals surface area (Å²) in [5.41, 5.74) is 2.07. The smallest absolute Gasteiger partial charge is 0.244 e. The maximum Gasteiger partial charge on any atom is 0.244 e. The lowest BCUT2D eigenvalue weighted by Gasteiger charge is -2.33. The number of nitrogens with one attached hydrogen (secondary N) is 1. The molecule has 1 N–H and O–H groups in total. The topological polar surface area (TPSA) is 62.3 Å². The maximum atomic E-state index is 12.4. The number of rotatable bonds is 4. The number of fused-ring (bicyclic) bond motifs is 1. The molecule has 1 atom stereocenters. The van der Waals surface area contributed by atoms with Gasteiger partial charge in [-0.3, -0.25) is 14.6 Å². The summed E-state index contributed by atoms with van der Waals surface area (Å²) in [7, 11) is 0. The van der Waals surface area contributed by atoms with Crippen LogP contribution in [-0.2, 0) is 16.0 Å². The molecule has 1 aliphatic heterocycles. The van der Waals surface area contributed by atoms with Gasteiger partial charge in [0.25, 0.3) is 0 Å². The molecule has 0 aromatic carbocycles. The van der Waals surface area contributed by atoms with Crippen LogP contribution in [0.1, 0.15) is 29.0 Å². The maximum absolute atomic E-state index is 12.4. The molecule has 2 aromatic rings. The number of hydrogen-bond donors (Lipinski definition) is 1. The van der Waals surface area contributed by atoms with Gasteiger partial charge >= 0.3 is 0 Å². The third kappa shape index (κ3) is 3.71. The Bertz CT molecular complexity index is 755. The summed E-state index contributed by atoms with van der Waals surface area (Å²) in [5, 5.41) is 4.72. The van der Waals surface area contributed by atoms with Crippen molar-refractivity contribution in [1.29, 1.82) is 0 Å². The summed E-state index contributed by atoms with van der Waals surface area (Å²) in [5.74, 6) is -0.337. The number of hydrogen-bond acceptors (Lipinski definition) is 4. The number of nitrogens with zero attached hydrogens (tertiary/aromatic N) is 2. The number of carbonyl (C=O) groups excluding carboxylic acids is 2. The van der Waals surface area contributed by atoms with Crippen LogP contribution in [0.25, 0.3) is 6.08 Å². The summed E-state index contributed by atoms with van der Waals surface area (Å²) in [4.78, 5) is 31.4. The van der Waals surface area contributed by atoms with Crippen LogP contribution in [0.4, 0.5) is 0 Å². The molecule has 0 radical (unpaired) electrons. The third-order valence-corrected chi connectivity index (χ3v) is 5.12. The first-order valence-electron chi connectivity index (χ1n) is 7.87. The fraction of sp³-hybridized carbons (Fsp3) is 0.278. The van der Waals surface area contributed by atoms with Gasteiger partial charge in [0.2, 0.25) is 11.8 Å². The Morgan fingerprint density at radius 1 is 1.46 bits per heavy atom. The van der Waals surface area contributed by atoms with Crippen LogP contribution in [-0.4, -0.2) is 34.8 Å². The Hall–Kier alpha value is -2.47. The highest BCUT2D eigenvalue weighted by Crippen LogP contribution is 2.32. The lowest BCUT2D eigenvalue weighted by molar-refractivity contribution is -0.134. The van der Waals surface area contributed by atoms with Crippen LogP contribution in [0.15, 0.2) is 42.0 Å². The molecule has 0 fully saturated rings. The monoisotopic (exact) mass is 341 g/mol. The summed E-state index contributed by atoms with van der Waals surface area (Å²) in [6.07, 6.45) is 7.32. The van der Waals surface area contributed by atoms with E-state index in [2.05, 4.69) is 21.7 Å². The van der Waals surface area contributed by atoms with Gasteiger partial charge in [-0.25, -0.2) is 0 Å². The average molecular weight is 341 g/mol. The molecule has 0 saturated heterocycles. The fourth-order valence-electron chi connectivity index (χ4n) is 2.82. The van der Waals surface area contributed by atoms with Crippen LogP contribution >= 0.6 is 11.3 Å². The highest BCUT2D eigenvalue weighted by atomic mass is 32.1. The third-order valence-electron chi connectivity index (χ3n) is 4.12. The Kier molecular flexibility index (Phi) is 5.05. The van der Waals surface area contributed by atoms with Crippen LogP contribution < -0.4 is 5.32 Å². The molecule has 5 nitrogen and oxygen atoms in total. The number of carbonyl (C=O) groups is 2. The highest BCUT2D eigenvalue weighted by molar-refractivity contribution is 7.10. The molecule has 6 heteroatoms. The van der Waals surface area contributed by atoms with Gasteiger partial charge in [-0.1, -0.05) is 6.07 Å². The highest BCUT2D eigenvalue weighted by Gasteiger charge is 2.28. The Morgan fingerprint density at radius 3 is 3.12 bits per heavy atom. The normalized spacial score (nSPS) is 16.9. The molecule has 0 saturated carbocycles. The van der Waals surface area contributed by atoms with Gasteiger partial charge in [-0.15, -0.1) is 11.3 Å². The molecule has 2 amide bonds. The van der Waals surface area contributed by atoms with Gasteiger partial charge < -0.3 is 10.2 Å². The minimum atomic E-state index is -0.284. The van der Waals surface area contributed by atoms with E-state index < -0.39 is 0 Å². The largest absolute Gasteiger partial charge is 0.343 e. The Balaban J connectivity index is 1.52. The van der Waals surface area contributed by atoms with Crippen molar-refractivity contribution >= 4 is 29.2 Å². The summed E-state index contributed by atoms with van der Waals surface area (Å²) in [6, 6.07) is 5.81. The van der Waals surface area contributed by atoms with E-state index in [9.17, 15) is 9.59 Å². The van der Waals surface area contributed by atoms with Crippen LogP contribution in [0.2, 0.25) is 0 Å². The van der Waals surface area contributed by atoms with Crippen molar-refractivity contribution in [1.82, 2.24) is 15.2 Å². The second kappa shape index (κ2) is 7.40. The molecular weight excluding hydrogens is 322 g/mol. The van der Waals surface area contributed by atoms with Crippen molar-refractivity contribution in [3.63, 3.8) is 0 Å². The van der Waals surface area contributed by atoms with E-state index in [4.69, 9.17) is 0 Å². The van der Waals surface area contributed by atoms with Gasteiger partial charge in [0.15, 0.2) is 0 Å². The molecule has 124 valence electrons. The standard InChI is InChI=1S/C18H19N3O2S/c1-13-15-7-10-24-16(15)6-9-21(13)18(23)12-20-17(22)5-4-14-3-2-8-19-11-14/h2-5,7-8,10-11,13H,6,9,12H2,1H3,(H,20,22). The number of thiophene rings is 1. The van der Waals surface area contributed by atoms with Gasteiger partial charge in [0.05, 0.1) is 12.6 Å². The molecule has 3 rings (SSSR count). The van der Waals surface area contributed by atoms with Gasteiger partial charge in [0, 0.05) is 29.9 Å². The van der Waals surface area contributed by atoms with Crippen molar-refractivity contribution in [3.8, 4) is 0 Å². The van der Waals surface area contributed by atoms with Crippen molar-refractivity contribution in [3.05, 3.63) is 58.1 Å². The zero-order valence-electron chi connectivity index (χ0n) is 13.4. The van der Waals surface area contributed by atoms with Crippen LogP contribution in [0.5, 0.6) is 0 Å². The van der Waals surface area contributed by atoms with E-state index in [0.717, 1.165) is 12.0 Å². The van der Waals surface area contributed by atoms with Gasteiger partial charge in [-0.2, -0.15) is 0 Å². The first-order chi connectivity index (χ1) is 11.6. The lowest BCUT2D eigenvalue weighted by Crippen LogP contribution is -2.43. The van der Waals surface area contributed by atoms with Crippen molar-refractivity contribution in [2.75, 3.05) is 13.1 Å². The molecule has 2 aromatic heterocycles. The van der Waals surface area contributed by atoms with Crippen LogP contribution in [0, 0.1) is 0 Å². The molecule has 1 aliphatic rings. The van der Waals surface area contributed by atoms with Gasteiger partial charge in [-0.05, 0) is 48.1 Å². The second-order valence-corrected chi connectivity index (χ2v) is 6.65. The minimum Gasteiger partial charge on any atom is -0.343 e. The SMILES string of the molecule is CC1c2ccsc2CCN1C(=O)CNC(=O)C=Cc1cccnc1. The minimum absolute atomic E-state index is 0.0139. The Morgan fingerprint density at radius 2 is 2.33 bits per heavy atom. The molecule has 0 aliphatic carbocycles. The van der Waals surface area contributed by atoms with Gasteiger partial charge in [0.1, 0.15) is 0 Å². The summed E-state index contributed by atoms with van der Waals surface area (Å²) >= 11 is 1.74. The molecule has 24 heavy (non-hydrogen) atoms.